The molecule has 0 aliphatic carbocycles. The monoisotopic (exact) mass is 569 g/mol. The summed E-state index contributed by atoms with van der Waals surface area (Å²) in [5, 5.41) is 24.7. The van der Waals surface area contributed by atoms with Gasteiger partial charge in [0.25, 0.3) is 5.91 Å². The van der Waals surface area contributed by atoms with Crippen LogP contribution in [0.1, 0.15) is 46.0 Å². The predicted octanol–water partition coefficient (Wildman–Crippen LogP) is 4.24. The third-order valence-corrected chi connectivity index (χ3v) is 7.86. The summed E-state index contributed by atoms with van der Waals surface area (Å²) in [7, 11) is 1.80. The zero-order chi connectivity index (χ0) is 28.2. The van der Waals surface area contributed by atoms with E-state index >= 15 is 0 Å². The average Bonchev–Trinajstić information content (AvgIpc) is 3.44. The maximum absolute atomic E-state index is 12.8. The number of hydrogen-bond acceptors (Lipinski definition) is 10. The van der Waals surface area contributed by atoms with Gasteiger partial charge < -0.3 is 19.9 Å². The average molecular weight is 570 g/mol. The van der Waals surface area contributed by atoms with Crippen molar-refractivity contribution < 1.29 is 19.4 Å². The minimum absolute atomic E-state index is 0.0150. The third-order valence-electron chi connectivity index (χ3n) is 6.72. The molecule has 0 radical (unpaired) electrons. The van der Waals surface area contributed by atoms with E-state index in [-0.39, 0.29) is 30.4 Å². The molecule has 1 amide bonds. The number of para-hydroxylation sites is 2. The second-order valence-electron chi connectivity index (χ2n) is 9.57. The van der Waals surface area contributed by atoms with E-state index in [0.29, 0.717) is 28.5 Å². The summed E-state index contributed by atoms with van der Waals surface area (Å²) in [6.07, 6.45) is 1.15. The zero-order valence-corrected chi connectivity index (χ0v) is 22.9. The van der Waals surface area contributed by atoms with Crippen LogP contribution in [-0.4, -0.2) is 53.0 Å². The van der Waals surface area contributed by atoms with Gasteiger partial charge in [0, 0.05) is 30.5 Å². The molecule has 1 aliphatic heterocycles. The first-order valence-electron chi connectivity index (χ1n) is 13.0. The normalized spacial score (nSPS) is 18.8. The number of ether oxygens (including phenoxy) is 2. The lowest BCUT2D eigenvalue weighted by molar-refractivity contribution is -0.245. The van der Waals surface area contributed by atoms with Crippen LogP contribution in [-0.2, 0) is 23.1 Å². The van der Waals surface area contributed by atoms with Crippen LogP contribution in [0.15, 0.2) is 84.1 Å². The fourth-order valence-corrected chi connectivity index (χ4v) is 5.39. The van der Waals surface area contributed by atoms with Crippen LogP contribution in [0.2, 0.25) is 0 Å². The van der Waals surface area contributed by atoms with E-state index in [1.165, 1.54) is 18.0 Å². The number of carbonyl (C=O) groups excluding carboxylic acids is 1. The number of amides is 1. The van der Waals surface area contributed by atoms with Crippen LogP contribution in [0.4, 0.5) is 5.69 Å². The molecule has 41 heavy (non-hydrogen) atoms. The Bertz CT molecular complexity index is 1650. The number of benzene rings is 3. The second kappa shape index (κ2) is 12.1. The van der Waals surface area contributed by atoms with Gasteiger partial charge in [-0.05, 0) is 45.8 Å². The number of anilines is 1. The molecule has 208 valence electrons. The fourth-order valence-electron chi connectivity index (χ4n) is 4.52. The van der Waals surface area contributed by atoms with Gasteiger partial charge >= 0.3 is 0 Å². The van der Waals surface area contributed by atoms with Crippen molar-refractivity contribution in [2.75, 3.05) is 11.1 Å². The van der Waals surface area contributed by atoms with E-state index in [1.807, 2.05) is 72.8 Å². The number of aliphatic hydroxyl groups excluding tert-OH is 1. The number of aliphatic hydroxyl groups is 1. The van der Waals surface area contributed by atoms with E-state index in [2.05, 4.69) is 30.8 Å². The topological polar surface area (TPSA) is 137 Å². The number of nitrogens with one attached hydrogen (secondary N) is 1. The Balaban J connectivity index is 1.17. The van der Waals surface area contributed by atoms with Crippen LogP contribution in [0.3, 0.4) is 0 Å². The molecule has 11 nitrogen and oxygen atoms in total. The van der Waals surface area contributed by atoms with Gasteiger partial charge in [0.05, 0.1) is 36.0 Å². The number of aryl methyl sites for hydroxylation is 1. The second-order valence-corrected chi connectivity index (χ2v) is 10.6. The summed E-state index contributed by atoms with van der Waals surface area (Å²) in [4.78, 5) is 21.6. The molecule has 2 aromatic heterocycles. The largest absolute Gasteiger partial charge is 0.392 e. The number of aromatic nitrogens is 6. The van der Waals surface area contributed by atoms with E-state index < -0.39 is 6.29 Å². The van der Waals surface area contributed by atoms with Gasteiger partial charge in [-0.2, -0.15) is 0 Å². The van der Waals surface area contributed by atoms with Crippen molar-refractivity contribution in [2.24, 2.45) is 7.05 Å². The van der Waals surface area contributed by atoms with Crippen molar-refractivity contribution in [3.8, 4) is 0 Å². The highest BCUT2D eigenvalue weighted by Crippen LogP contribution is 2.39. The Kier molecular flexibility index (Phi) is 7.96. The smallest absolute Gasteiger partial charge is 0.275 e. The molecule has 0 spiro atoms. The van der Waals surface area contributed by atoms with Gasteiger partial charge in [-0.15, -0.1) is 5.10 Å². The van der Waals surface area contributed by atoms with Gasteiger partial charge in [0.2, 0.25) is 5.16 Å². The molecular weight excluding hydrogens is 542 g/mol. The molecule has 3 aromatic carbocycles. The zero-order valence-electron chi connectivity index (χ0n) is 22.1. The first kappa shape index (κ1) is 27.0. The molecule has 1 aliphatic rings. The molecule has 3 atom stereocenters. The Morgan fingerprint density at radius 1 is 1.02 bits per heavy atom. The van der Waals surface area contributed by atoms with Crippen LogP contribution >= 0.6 is 11.8 Å². The lowest BCUT2D eigenvalue weighted by Crippen LogP contribution is -2.31. The molecule has 5 aromatic rings. The van der Waals surface area contributed by atoms with Crippen molar-refractivity contribution in [1.29, 1.82) is 0 Å². The van der Waals surface area contributed by atoms with Crippen molar-refractivity contribution in [3.63, 3.8) is 0 Å². The highest BCUT2D eigenvalue weighted by atomic mass is 32.2. The number of carbonyl (C=O) groups is 1. The predicted molar refractivity (Wildman–Crippen MR) is 152 cm³/mol. The molecule has 0 unspecified atom stereocenters. The van der Waals surface area contributed by atoms with E-state index in [9.17, 15) is 9.90 Å². The van der Waals surface area contributed by atoms with Crippen LogP contribution in [0, 0.1) is 0 Å². The quantitative estimate of drug-likeness (QED) is 0.261. The van der Waals surface area contributed by atoms with E-state index in [0.717, 1.165) is 22.2 Å². The first-order valence-corrected chi connectivity index (χ1v) is 14.0. The molecule has 6 rings (SSSR count). The maximum atomic E-state index is 12.8. The number of hydrogen-bond donors (Lipinski definition) is 2. The van der Waals surface area contributed by atoms with Crippen molar-refractivity contribution in [3.05, 3.63) is 101 Å². The third kappa shape index (κ3) is 6.25. The van der Waals surface area contributed by atoms with Crippen LogP contribution in [0.25, 0.3) is 11.0 Å². The summed E-state index contributed by atoms with van der Waals surface area (Å²) in [5.74, 6) is 0.295. The molecule has 2 N–H and O–H groups in total. The van der Waals surface area contributed by atoms with Gasteiger partial charge in [-0.3, -0.25) is 9.78 Å². The molecule has 12 heteroatoms. The van der Waals surface area contributed by atoms with Crippen molar-refractivity contribution in [1.82, 2.24) is 30.2 Å². The van der Waals surface area contributed by atoms with Crippen molar-refractivity contribution in [2.45, 2.75) is 36.7 Å². The molecule has 0 saturated carbocycles. The minimum atomic E-state index is -0.620. The number of tetrazole rings is 1. The minimum Gasteiger partial charge on any atom is -0.392 e. The van der Waals surface area contributed by atoms with Crippen molar-refractivity contribution >= 4 is 34.4 Å². The number of fused-ring (bicyclic) bond motifs is 1. The SMILES string of the molecule is Cn1nnnc1SC[C@@H]1C[C@H](c2ccc(CO)cc2)O[C@H](c2ccc(NC(=O)c3cnc4ccccc4n3)cc2)O1. The standard InChI is InChI=1S/C29H27N7O4S/c1-36-29(33-34-35-36)41-17-22-14-26(19-8-6-18(16-37)7-9-19)40-28(39-22)20-10-12-21(13-11-20)31-27(38)25-15-30-23-4-2-3-5-24(23)32-25/h2-13,15,22,26,28,37H,14,16-17H2,1H3,(H,31,38)/t22-,26+,28+/m0/s1. The van der Waals surface area contributed by atoms with Gasteiger partial charge in [-0.1, -0.05) is 60.3 Å². The highest BCUT2D eigenvalue weighted by Gasteiger charge is 2.32. The molecule has 1 saturated heterocycles. The summed E-state index contributed by atoms with van der Waals surface area (Å²) < 4.78 is 14.4. The highest BCUT2D eigenvalue weighted by molar-refractivity contribution is 7.99. The summed E-state index contributed by atoms with van der Waals surface area (Å²) in [5.41, 5.74) is 4.90. The van der Waals surface area contributed by atoms with E-state index in [1.54, 1.807) is 11.7 Å². The Morgan fingerprint density at radius 3 is 2.51 bits per heavy atom. The Labute approximate surface area is 239 Å². The molecule has 3 heterocycles. The van der Waals surface area contributed by atoms with Crippen LogP contribution in [0.5, 0.6) is 0 Å². The maximum Gasteiger partial charge on any atom is 0.275 e. The lowest BCUT2D eigenvalue weighted by atomic mass is 10.0. The number of rotatable bonds is 8. The molecular formula is C29H27N7O4S. The Morgan fingerprint density at radius 2 is 1.78 bits per heavy atom. The summed E-state index contributed by atoms with van der Waals surface area (Å²) in [6, 6.07) is 22.5. The summed E-state index contributed by atoms with van der Waals surface area (Å²) in [6.45, 7) is -0.0150. The number of thioether (sulfide) groups is 1. The van der Waals surface area contributed by atoms with Gasteiger partial charge in [0.1, 0.15) is 5.69 Å². The van der Waals surface area contributed by atoms with Gasteiger partial charge in [-0.25, -0.2) is 9.67 Å². The lowest BCUT2D eigenvalue weighted by Gasteiger charge is -2.36. The van der Waals surface area contributed by atoms with Gasteiger partial charge in [0.15, 0.2) is 6.29 Å². The van der Waals surface area contributed by atoms with E-state index in [4.69, 9.17) is 9.47 Å². The van der Waals surface area contributed by atoms with Crippen LogP contribution < -0.4 is 5.32 Å². The molecule has 1 fully saturated rings. The fraction of sp³-hybridized carbons (Fsp3) is 0.241. The number of nitrogens with zero attached hydrogens (tertiary/aromatic N) is 6. The Hall–Kier alpha value is -4.23. The first-order chi connectivity index (χ1) is 20.1. The summed E-state index contributed by atoms with van der Waals surface area (Å²) >= 11 is 1.52. The molecule has 0 bridgehead atoms.